The summed E-state index contributed by atoms with van der Waals surface area (Å²) in [6, 6.07) is 35.0. The smallest absolute Gasteiger partial charge is 0.0561 e. The minimum atomic E-state index is -0.245. The van der Waals surface area contributed by atoms with Crippen LogP contribution in [0.3, 0.4) is 0 Å². The van der Waals surface area contributed by atoms with Gasteiger partial charge >= 0.3 is 0 Å². The summed E-state index contributed by atoms with van der Waals surface area (Å²) in [7, 11) is 0. The van der Waals surface area contributed by atoms with Crippen LogP contribution in [0.25, 0.3) is 33.4 Å². The van der Waals surface area contributed by atoms with E-state index in [0.717, 1.165) is 0 Å². The van der Waals surface area contributed by atoms with E-state index in [-0.39, 0.29) is 3.21 Å². The molecule has 0 unspecified atom stereocenters. The Balaban J connectivity index is 2.02. The molecule has 0 heterocycles. The van der Waals surface area contributed by atoms with Crippen molar-refractivity contribution in [3.8, 4) is 33.4 Å². The number of hydrogen-bond donors (Lipinski definition) is 0. The van der Waals surface area contributed by atoms with E-state index in [9.17, 15) is 0 Å². The first-order chi connectivity index (χ1) is 13.6. The predicted octanol–water partition coefficient (Wildman–Crippen LogP) is 8.80. The van der Waals surface area contributed by atoms with Crippen molar-refractivity contribution in [2.75, 3.05) is 0 Å². The molecule has 0 aromatic heterocycles. The highest BCUT2D eigenvalue weighted by molar-refractivity contribution is 14.3. The molecule has 0 amide bonds. The SMILES string of the molecule is Cc1cc(-c2ccccc2)cc(-c2ccccc2)c1-c1ccccc1P(I)I. The summed E-state index contributed by atoms with van der Waals surface area (Å²) in [4.78, 5) is 0. The quantitative estimate of drug-likeness (QED) is 0.161. The average molecular weight is 604 g/mol. The van der Waals surface area contributed by atoms with Gasteiger partial charge in [0.15, 0.2) is 0 Å². The molecule has 0 aliphatic carbocycles. The van der Waals surface area contributed by atoms with E-state index in [2.05, 4.69) is 148 Å². The summed E-state index contributed by atoms with van der Waals surface area (Å²) in [6.45, 7) is 2.24. The van der Waals surface area contributed by atoms with E-state index in [4.69, 9.17) is 0 Å². The Morgan fingerprint density at radius 2 is 1.14 bits per heavy atom. The Kier molecular flexibility index (Phi) is 6.49. The average Bonchev–Trinajstić information content (AvgIpc) is 2.74. The summed E-state index contributed by atoms with van der Waals surface area (Å²) in [5.41, 5.74) is 9.11. The van der Waals surface area contributed by atoms with Crippen LogP contribution in [-0.2, 0) is 0 Å². The number of rotatable bonds is 4. The normalized spacial score (nSPS) is 11.0. The lowest BCUT2D eigenvalue weighted by Crippen LogP contribution is -2.02. The summed E-state index contributed by atoms with van der Waals surface area (Å²) in [5, 5.41) is 1.44. The third kappa shape index (κ3) is 4.19. The van der Waals surface area contributed by atoms with Crippen molar-refractivity contribution >= 4 is 52.6 Å². The van der Waals surface area contributed by atoms with E-state index in [1.165, 1.54) is 44.2 Å². The van der Waals surface area contributed by atoms with Crippen molar-refractivity contribution in [2.45, 2.75) is 6.92 Å². The van der Waals surface area contributed by atoms with Gasteiger partial charge in [0.1, 0.15) is 0 Å². The van der Waals surface area contributed by atoms with Gasteiger partial charge in [0.05, 0.1) is 3.21 Å². The Hall–Kier alpha value is -1.23. The number of hydrogen-bond acceptors (Lipinski definition) is 0. The van der Waals surface area contributed by atoms with Crippen LogP contribution < -0.4 is 5.30 Å². The minimum Gasteiger partial charge on any atom is -0.0622 e. The highest BCUT2D eigenvalue weighted by Crippen LogP contribution is 2.54. The molecule has 4 rings (SSSR count). The molecular weight excluding hydrogens is 585 g/mol. The molecule has 0 aliphatic rings. The molecule has 3 heteroatoms. The second kappa shape index (κ2) is 9.06. The number of benzene rings is 4. The van der Waals surface area contributed by atoms with Gasteiger partial charge in [-0.25, -0.2) is 0 Å². The summed E-state index contributed by atoms with van der Waals surface area (Å²) in [5.74, 6) is 0. The van der Waals surface area contributed by atoms with E-state index in [1.807, 2.05) is 0 Å². The zero-order valence-corrected chi connectivity index (χ0v) is 20.7. The van der Waals surface area contributed by atoms with E-state index >= 15 is 0 Å². The van der Waals surface area contributed by atoms with E-state index in [0.29, 0.717) is 0 Å². The van der Waals surface area contributed by atoms with Crippen molar-refractivity contribution in [1.82, 2.24) is 0 Å². The maximum Gasteiger partial charge on any atom is 0.0561 e. The third-order valence-corrected chi connectivity index (χ3v) is 8.76. The van der Waals surface area contributed by atoms with Crippen molar-refractivity contribution in [3.63, 3.8) is 0 Å². The monoisotopic (exact) mass is 604 g/mol. The highest BCUT2D eigenvalue weighted by Gasteiger charge is 2.17. The second-order valence-electron chi connectivity index (χ2n) is 6.70. The van der Waals surface area contributed by atoms with Gasteiger partial charge in [0.25, 0.3) is 0 Å². The molecule has 4 aromatic carbocycles. The lowest BCUT2D eigenvalue weighted by atomic mass is 9.87. The van der Waals surface area contributed by atoms with Gasteiger partial charge in [-0.3, -0.25) is 0 Å². The van der Waals surface area contributed by atoms with Crippen LogP contribution in [0.5, 0.6) is 0 Å². The fourth-order valence-electron chi connectivity index (χ4n) is 3.62. The topological polar surface area (TPSA) is 0 Å². The molecular formula is C25H19I2P. The first-order valence-electron chi connectivity index (χ1n) is 9.12. The first-order valence-corrected chi connectivity index (χ1v) is 16.0. The van der Waals surface area contributed by atoms with Gasteiger partial charge in [-0.15, -0.1) is 0 Å². The zero-order chi connectivity index (χ0) is 19.5. The zero-order valence-electron chi connectivity index (χ0n) is 15.4. The van der Waals surface area contributed by atoms with Gasteiger partial charge in [-0.05, 0) is 96.0 Å². The molecule has 28 heavy (non-hydrogen) atoms. The lowest BCUT2D eigenvalue weighted by molar-refractivity contribution is 1.45. The summed E-state index contributed by atoms with van der Waals surface area (Å²) < 4.78 is -0.245. The van der Waals surface area contributed by atoms with Crippen molar-refractivity contribution in [2.24, 2.45) is 0 Å². The van der Waals surface area contributed by atoms with Crippen molar-refractivity contribution in [3.05, 3.63) is 103 Å². The van der Waals surface area contributed by atoms with Crippen LogP contribution in [-0.4, -0.2) is 0 Å². The lowest BCUT2D eigenvalue weighted by Gasteiger charge is -2.19. The molecule has 138 valence electrons. The Morgan fingerprint density at radius 1 is 0.571 bits per heavy atom. The van der Waals surface area contributed by atoms with Gasteiger partial charge in [0, 0.05) is 5.30 Å². The molecule has 0 spiro atoms. The molecule has 0 aliphatic heterocycles. The van der Waals surface area contributed by atoms with Crippen LogP contribution in [0.2, 0.25) is 0 Å². The standard InChI is InChI=1S/C25H19I2P/c1-18-16-21(19-10-4-2-5-11-19)17-23(20-12-6-3-7-13-20)25(18)22-14-8-9-15-24(22)28(26)27/h2-17H,1H3. The van der Waals surface area contributed by atoms with Gasteiger partial charge in [0.2, 0.25) is 0 Å². The van der Waals surface area contributed by atoms with E-state index < -0.39 is 0 Å². The largest absolute Gasteiger partial charge is 0.0622 e. The van der Waals surface area contributed by atoms with Crippen molar-refractivity contribution < 1.29 is 0 Å². The molecule has 0 fully saturated rings. The number of aryl methyl sites for hydroxylation is 1. The third-order valence-electron chi connectivity index (χ3n) is 4.88. The molecule has 0 radical (unpaired) electrons. The Bertz CT molecular complexity index is 1090. The fourth-order valence-corrected chi connectivity index (χ4v) is 6.71. The summed E-state index contributed by atoms with van der Waals surface area (Å²) in [6.07, 6.45) is 0. The Labute approximate surface area is 194 Å². The molecule has 0 bridgehead atoms. The second-order valence-corrected chi connectivity index (χ2v) is 19.0. The van der Waals surface area contributed by atoms with Crippen LogP contribution in [0, 0.1) is 6.92 Å². The van der Waals surface area contributed by atoms with E-state index in [1.54, 1.807) is 0 Å². The molecule has 0 saturated carbocycles. The van der Waals surface area contributed by atoms with Gasteiger partial charge < -0.3 is 0 Å². The van der Waals surface area contributed by atoms with Crippen LogP contribution in [0.1, 0.15) is 5.56 Å². The molecule has 0 N–H and O–H groups in total. The van der Waals surface area contributed by atoms with Crippen LogP contribution >= 0.6 is 47.3 Å². The summed E-state index contributed by atoms with van der Waals surface area (Å²) >= 11 is 5.13. The molecule has 0 saturated heterocycles. The minimum absolute atomic E-state index is 0.245. The fraction of sp³-hybridized carbons (Fsp3) is 0.0400. The maximum atomic E-state index is 2.57. The molecule has 4 aromatic rings. The van der Waals surface area contributed by atoms with Gasteiger partial charge in [-0.2, -0.15) is 0 Å². The molecule has 0 atom stereocenters. The van der Waals surface area contributed by atoms with Gasteiger partial charge in [-0.1, -0.05) is 91.0 Å². The first kappa shape index (κ1) is 20.1. The van der Waals surface area contributed by atoms with Crippen LogP contribution in [0.15, 0.2) is 97.1 Å². The van der Waals surface area contributed by atoms with Crippen LogP contribution in [0.4, 0.5) is 0 Å². The van der Waals surface area contributed by atoms with Crippen molar-refractivity contribution in [1.29, 1.82) is 0 Å². The predicted molar refractivity (Wildman–Crippen MR) is 142 cm³/mol. The number of halogens is 2. The highest BCUT2D eigenvalue weighted by atomic mass is 127. The maximum absolute atomic E-state index is 2.57. The Morgan fingerprint density at radius 3 is 1.79 bits per heavy atom. The molecule has 0 nitrogen and oxygen atoms in total.